The summed E-state index contributed by atoms with van der Waals surface area (Å²) in [7, 11) is 0. The van der Waals surface area contributed by atoms with Gasteiger partial charge in [0.05, 0.1) is 25.0 Å². The van der Waals surface area contributed by atoms with E-state index in [9.17, 15) is 9.59 Å². The fourth-order valence-electron chi connectivity index (χ4n) is 21.6. The number of ether oxygens (including phenoxy) is 2. The molecule has 10 saturated carbocycles. The van der Waals surface area contributed by atoms with Gasteiger partial charge in [-0.1, -0.05) is 55.4 Å². The lowest BCUT2D eigenvalue weighted by Gasteiger charge is -2.68. The highest BCUT2D eigenvalue weighted by molar-refractivity contribution is 5.72. The molecular formula is C68H116N2O4. The zero-order valence-corrected chi connectivity index (χ0v) is 49.9. The molecule has 0 aromatic heterocycles. The van der Waals surface area contributed by atoms with Crippen LogP contribution in [-0.2, 0) is 19.1 Å². The molecule has 10 rings (SSSR count). The van der Waals surface area contributed by atoms with E-state index in [2.05, 4.69) is 65.2 Å². The molecule has 10 fully saturated rings. The molecule has 10 atom stereocenters. The van der Waals surface area contributed by atoms with E-state index in [4.69, 9.17) is 9.47 Å². The van der Waals surface area contributed by atoms with Crippen LogP contribution in [0.1, 0.15) is 262 Å². The first kappa shape index (κ1) is 56.1. The quantitative estimate of drug-likeness (QED) is 0.182. The Balaban J connectivity index is 1.04. The third kappa shape index (κ3) is 11.8. The van der Waals surface area contributed by atoms with Gasteiger partial charge < -0.3 is 9.47 Å². The molecule has 10 aliphatic carbocycles. The lowest BCUT2D eigenvalue weighted by molar-refractivity contribution is -0.191. The predicted molar refractivity (Wildman–Crippen MR) is 304 cm³/mol. The lowest BCUT2D eigenvalue weighted by Crippen LogP contribution is -2.67. The number of nitrogens with zero attached hydrogens (tertiary/aromatic N) is 2. The molecule has 0 heterocycles. The third-order valence-corrected chi connectivity index (χ3v) is 25.5. The second-order valence-electron chi connectivity index (χ2n) is 31.1. The van der Waals surface area contributed by atoms with E-state index >= 15 is 0 Å². The Morgan fingerprint density at radius 2 is 0.676 bits per heavy atom. The Hall–Kier alpha value is -1.14. The molecule has 0 saturated heterocycles. The second kappa shape index (κ2) is 23.9. The van der Waals surface area contributed by atoms with E-state index in [1.807, 2.05) is 13.8 Å². The van der Waals surface area contributed by atoms with Crippen molar-refractivity contribution in [2.75, 3.05) is 13.2 Å². The van der Waals surface area contributed by atoms with Crippen molar-refractivity contribution in [2.45, 2.75) is 298 Å². The van der Waals surface area contributed by atoms with Crippen molar-refractivity contribution in [3.05, 3.63) is 0 Å². The van der Waals surface area contributed by atoms with Crippen molar-refractivity contribution in [1.29, 1.82) is 0 Å². The lowest BCUT2D eigenvalue weighted by atomic mass is 9.41. The highest BCUT2D eigenvalue weighted by Crippen LogP contribution is 2.67. The summed E-state index contributed by atoms with van der Waals surface area (Å²) in [6, 6.07) is 4.46. The highest BCUT2D eigenvalue weighted by atomic mass is 16.5. The molecule has 0 aromatic carbocycles. The van der Waals surface area contributed by atoms with Crippen LogP contribution >= 0.6 is 0 Å². The van der Waals surface area contributed by atoms with Crippen LogP contribution in [0.4, 0.5) is 0 Å². The maximum Gasteiger partial charge on any atom is 0.308 e. The number of hydrogen-bond acceptors (Lipinski definition) is 6. The van der Waals surface area contributed by atoms with Gasteiger partial charge in [-0.05, 0) is 300 Å². The van der Waals surface area contributed by atoms with Gasteiger partial charge >= 0.3 is 11.9 Å². The van der Waals surface area contributed by atoms with Gasteiger partial charge in [-0.25, -0.2) is 0 Å². The van der Waals surface area contributed by atoms with Gasteiger partial charge in [0.2, 0.25) is 0 Å². The molecule has 6 nitrogen and oxygen atoms in total. The maximum absolute atomic E-state index is 13.3. The van der Waals surface area contributed by atoms with Crippen LogP contribution in [0.2, 0.25) is 0 Å². The standard InChI is InChI=1S/C68H116N2O4/c1-11-73-65(71)47-21-17-45(18-22-47)59-41-61(69(51-29-13-43(3)14-30-51)53-33-25-49(26-34-53)67(5,6)7)57-40-38-56-60(46-19-23-48(24-20-46)66(72)74-12-2)42-62(58-39-37-55(59)63(57)64(56)58)70(52-31-15-44(4)16-32-52)54-35-27-50(28-36-54)68(8,9)10/h43-64H,11-42H2,1-10H3. The Morgan fingerprint density at radius 3 is 0.973 bits per heavy atom. The monoisotopic (exact) mass is 1020 g/mol. The summed E-state index contributed by atoms with van der Waals surface area (Å²) < 4.78 is 11.4. The molecule has 422 valence electrons. The van der Waals surface area contributed by atoms with E-state index in [0.29, 0.717) is 24.0 Å². The Labute approximate surface area is 455 Å². The first-order valence-electron chi connectivity index (χ1n) is 33.4. The summed E-state index contributed by atoms with van der Waals surface area (Å²) in [6.45, 7) is 25.3. The topological polar surface area (TPSA) is 59.1 Å². The molecule has 0 bridgehead atoms. The van der Waals surface area contributed by atoms with E-state index in [1.165, 1.54) is 167 Å². The van der Waals surface area contributed by atoms with Crippen LogP contribution in [0, 0.1) is 106 Å². The third-order valence-electron chi connectivity index (χ3n) is 25.5. The van der Waals surface area contributed by atoms with E-state index in [1.54, 1.807) is 0 Å². The van der Waals surface area contributed by atoms with Crippen molar-refractivity contribution < 1.29 is 19.1 Å². The zero-order chi connectivity index (χ0) is 52.1. The average molecular weight is 1030 g/mol. The fraction of sp³-hybridized carbons (Fsp3) is 0.971. The molecular weight excluding hydrogens is 909 g/mol. The Bertz CT molecular complexity index is 1660. The van der Waals surface area contributed by atoms with Gasteiger partial charge in [0.1, 0.15) is 0 Å². The summed E-state index contributed by atoms with van der Waals surface area (Å²) in [5.41, 5.74) is 0.803. The minimum absolute atomic E-state index is 0.0891. The van der Waals surface area contributed by atoms with Gasteiger partial charge in [0.25, 0.3) is 0 Å². The molecule has 10 aliphatic rings. The van der Waals surface area contributed by atoms with Gasteiger partial charge in [-0.15, -0.1) is 0 Å². The first-order valence-corrected chi connectivity index (χ1v) is 33.4. The van der Waals surface area contributed by atoms with Crippen LogP contribution in [0.15, 0.2) is 0 Å². The van der Waals surface area contributed by atoms with E-state index < -0.39 is 0 Å². The number of hydrogen-bond donors (Lipinski definition) is 0. The molecule has 0 aromatic rings. The highest BCUT2D eigenvalue weighted by Gasteiger charge is 2.63. The average Bonchev–Trinajstić information content (AvgIpc) is 3.42. The predicted octanol–water partition coefficient (Wildman–Crippen LogP) is 16.8. The van der Waals surface area contributed by atoms with Gasteiger partial charge in [0.15, 0.2) is 0 Å². The van der Waals surface area contributed by atoms with E-state index in [-0.39, 0.29) is 23.8 Å². The Morgan fingerprint density at radius 1 is 0.378 bits per heavy atom. The summed E-state index contributed by atoms with van der Waals surface area (Å²) >= 11 is 0. The van der Waals surface area contributed by atoms with Gasteiger partial charge in [-0.2, -0.15) is 0 Å². The summed E-state index contributed by atoms with van der Waals surface area (Å²) in [5.74, 6) is 12.0. The molecule has 0 amide bonds. The largest absolute Gasteiger partial charge is 0.466 e. The summed E-state index contributed by atoms with van der Waals surface area (Å²) in [6.07, 6.45) is 40.6. The molecule has 74 heavy (non-hydrogen) atoms. The van der Waals surface area contributed by atoms with Crippen LogP contribution < -0.4 is 0 Å². The van der Waals surface area contributed by atoms with Crippen LogP contribution in [0.5, 0.6) is 0 Å². The SMILES string of the molecule is CCOC(=O)C1CCC(C2CC(N(C3CCC(C)CC3)C3CCC(C(C)(C)C)CC3)C3CCC4C(C5CCC(C(=O)OCC)CC5)CC(N(C5CCC(C)CC5)C5CCC(C(C)(C)C)CC5)C5CCC2C3C45)CC1. The molecule has 6 heteroatoms. The molecule has 0 spiro atoms. The fourth-order valence-corrected chi connectivity index (χ4v) is 21.6. The van der Waals surface area contributed by atoms with Gasteiger partial charge in [-0.3, -0.25) is 19.4 Å². The summed E-state index contributed by atoms with van der Waals surface area (Å²) in [5, 5.41) is 0. The maximum atomic E-state index is 13.3. The normalized spacial score (nSPS) is 45.4. The molecule has 10 unspecified atom stereocenters. The first-order chi connectivity index (χ1) is 35.5. The van der Waals surface area contributed by atoms with Crippen molar-refractivity contribution in [1.82, 2.24) is 9.80 Å². The number of esters is 2. The van der Waals surface area contributed by atoms with Crippen molar-refractivity contribution in [2.24, 2.45) is 106 Å². The molecule has 0 aliphatic heterocycles. The Kier molecular flexibility index (Phi) is 18.1. The number of rotatable bonds is 12. The smallest absolute Gasteiger partial charge is 0.308 e. The summed E-state index contributed by atoms with van der Waals surface area (Å²) in [4.78, 5) is 33.5. The minimum atomic E-state index is 0.0891. The van der Waals surface area contributed by atoms with Crippen LogP contribution in [0.25, 0.3) is 0 Å². The van der Waals surface area contributed by atoms with Crippen molar-refractivity contribution in [3.8, 4) is 0 Å². The van der Waals surface area contributed by atoms with Gasteiger partial charge in [0, 0.05) is 36.3 Å². The molecule has 0 radical (unpaired) electrons. The zero-order valence-electron chi connectivity index (χ0n) is 49.9. The number of carbonyl (C=O) groups excluding carboxylic acids is 2. The van der Waals surface area contributed by atoms with E-state index in [0.717, 1.165) is 145 Å². The second-order valence-corrected chi connectivity index (χ2v) is 31.1. The van der Waals surface area contributed by atoms with Crippen LogP contribution in [0.3, 0.4) is 0 Å². The minimum Gasteiger partial charge on any atom is -0.466 e. The van der Waals surface area contributed by atoms with Crippen LogP contribution in [-0.4, -0.2) is 71.2 Å². The van der Waals surface area contributed by atoms with Crippen molar-refractivity contribution >= 4 is 11.9 Å². The number of carbonyl (C=O) groups is 2. The molecule has 0 N–H and O–H groups in total. The van der Waals surface area contributed by atoms with Crippen molar-refractivity contribution in [3.63, 3.8) is 0 Å².